The van der Waals surface area contributed by atoms with Crippen LogP contribution in [0.3, 0.4) is 0 Å². The van der Waals surface area contributed by atoms with E-state index in [1.54, 1.807) is 30.3 Å². The van der Waals surface area contributed by atoms with E-state index >= 15 is 0 Å². The van der Waals surface area contributed by atoms with Gasteiger partial charge in [-0.15, -0.1) is 11.3 Å². The van der Waals surface area contributed by atoms with Gasteiger partial charge < -0.3 is 14.8 Å². The molecular formula is C23H24N4O2S2. The maximum Gasteiger partial charge on any atom is 0.276 e. The van der Waals surface area contributed by atoms with Crippen molar-refractivity contribution in [2.75, 3.05) is 14.1 Å². The topological polar surface area (TPSA) is 57.6 Å². The number of aryl methyl sites for hydroxylation is 1. The number of nitrogens with zero attached hydrogens (tertiary/aromatic N) is 3. The molecule has 160 valence electrons. The highest BCUT2D eigenvalue weighted by atomic mass is 32.1. The highest BCUT2D eigenvalue weighted by Crippen LogP contribution is 2.29. The van der Waals surface area contributed by atoms with Crippen molar-refractivity contribution < 1.29 is 9.59 Å². The third-order valence-corrected chi connectivity index (χ3v) is 6.92. The lowest BCUT2D eigenvalue weighted by Crippen LogP contribution is -2.26. The van der Waals surface area contributed by atoms with Gasteiger partial charge in [0.1, 0.15) is 12.2 Å². The van der Waals surface area contributed by atoms with Gasteiger partial charge in [-0.25, -0.2) is 0 Å². The van der Waals surface area contributed by atoms with Crippen LogP contribution in [-0.4, -0.2) is 45.4 Å². The molecule has 1 aliphatic heterocycles. The number of carbonyl (C=O) groups is 2. The fraction of sp³-hybridized carbons (Fsp3) is 0.261. The first kappa shape index (κ1) is 21.3. The Kier molecular flexibility index (Phi) is 5.93. The minimum Gasteiger partial charge on any atom is -0.350 e. The van der Waals surface area contributed by atoms with Gasteiger partial charge in [0.15, 0.2) is 5.11 Å². The monoisotopic (exact) mass is 452 g/mol. The average Bonchev–Trinajstić information content (AvgIpc) is 3.45. The molecule has 6 nitrogen and oxygen atoms in total. The predicted octanol–water partition coefficient (Wildman–Crippen LogP) is 3.61. The summed E-state index contributed by atoms with van der Waals surface area (Å²) in [6.07, 6.45) is 4.66. The van der Waals surface area contributed by atoms with Gasteiger partial charge in [0, 0.05) is 36.1 Å². The summed E-state index contributed by atoms with van der Waals surface area (Å²) in [7, 11) is 3.47. The standard InChI is InChI=1S/C23H24N4O2S2/c1-4-15-7-5-9-18-16(11-19-22(29)26(3)23(30)25(19)2)13-27(21(15)18)14-20(28)24-12-17-8-6-10-31-17/h5-11,13H,4,12,14H2,1-3H3,(H,24,28)/b19-11-. The lowest BCUT2D eigenvalue weighted by Gasteiger charge is -2.10. The number of fused-ring (bicyclic) bond motifs is 1. The second-order valence-electron chi connectivity index (χ2n) is 7.47. The van der Waals surface area contributed by atoms with Crippen LogP contribution in [0.2, 0.25) is 0 Å². The average molecular weight is 453 g/mol. The second-order valence-corrected chi connectivity index (χ2v) is 8.87. The van der Waals surface area contributed by atoms with E-state index in [9.17, 15) is 9.59 Å². The lowest BCUT2D eigenvalue weighted by atomic mass is 10.1. The van der Waals surface area contributed by atoms with Crippen LogP contribution >= 0.6 is 23.6 Å². The molecule has 4 rings (SSSR count). The van der Waals surface area contributed by atoms with Crippen molar-refractivity contribution in [2.45, 2.75) is 26.4 Å². The third-order valence-electron chi connectivity index (χ3n) is 5.50. The Hall–Kier alpha value is -2.97. The van der Waals surface area contributed by atoms with E-state index in [2.05, 4.69) is 18.3 Å². The molecule has 0 spiro atoms. The number of hydrogen-bond acceptors (Lipinski definition) is 4. The van der Waals surface area contributed by atoms with E-state index in [4.69, 9.17) is 12.2 Å². The smallest absolute Gasteiger partial charge is 0.276 e. The molecule has 31 heavy (non-hydrogen) atoms. The molecule has 0 bridgehead atoms. The molecule has 1 fully saturated rings. The van der Waals surface area contributed by atoms with Crippen molar-refractivity contribution in [1.29, 1.82) is 0 Å². The summed E-state index contributed by atoms with van der Waals surface area (Å²) in [5, 5.41) is 6.48. The SMILES string of the molecule is CCc1cccc2c(/C=C3/C(=O)N(C)C(=S)N3C)cn(CC(=O)NCc3cccs3)c12. The van der Waals surface area contributed by atoms with Crippen LogP contribution < -0.4 is 5.32 Å². The normalized spacial score (nSPS) is 15.5. The van der Waals surface area contributed by atoms with Crippen molar-refractivity contribution >= 4 is 57.5 Å². The van der Waals surface area contributed by atoms with Crippen LogP contribution in [0.15, 0.2) is 47.6 Å². The fourth-order valence-corrected chi connectivity index (χ4v) is 4.66. The number of carbonyl (C=O) groups excluding carboxylic acids is 2. The van der Waals surface area contributed by atoms with Gasteiger partial charge in [-0.3, -0.25) is 14.5 Å². The van der Waals surface area contributed by atoms with E-state index in [0.29, 0.717) is 17.4 Å². The van der Waals surface area contributed by atoms with Gasteiger partial charge in [-0.2, -0.15) is 0 Å². The van der Waals surface area contributed by atoms with Gasteiger partial charge in [0.2, 0.25) is 5.91 Å². The highest BCUT2D eigenvalue weighted by molar-refractivity contribution is 7.80. The van der Waals surface area contributed by atoms with E-state index < -0.39 is 0 Å². The molecular weight excluding hydrogens is 428 g/mol. The van der Waals surface area contributed by atoms with Crippen LogP contribution in [0.25, 0.3) is 17.0 Å². The number of nitrogens with one attached hydrogen (secondary N) is 1. The number of thiocarbonyl (C=S) groups is 1. The van der Waals surface area contributed by atoms with E-state index in [0.717, 1.165) is 33.3 Å². The second kappa shape index (κ2) is 8.64. The first-order valence-corrected chi connectivity index (χ1v) is 11.4. The first-order chi connectivity index (χ1) is 14.9. The van der Waals surface area contributed by atoms with Crippen LogP contribution in [0.4, 0.5) is 0 Å². The molecule has 1 saturated heterocycles. The molecule has 3 aromatic rings. The highest BCUT2D eigenvalue weighted by Gasteiger charge is 2.33. The Morgan fingerprint density at radius 3 is 2.65 bits per heavy atom. The summed E-state index contributed by atoms with van der Waals surface area (Å²) in [5.74, 6) is -0.181. The number of para-hydroxylation sites is 1. The number of hydrogen-bond donors (Lipinski definition) is 1. The maximum absolute atomic E-state index is 12.7. The number of thiophene rings is 1. The van der Waals surface area contributed by atoms with Crippen LogP contribution in [-0.2, 0) is 29.1 Å². The van der Waals surface area contributed by atoms with Gasteiger partial charge >= 0.3 is 0 Å². The Morgan fingerprint density at radius 2 is 2.00 bits per heavy atom. The quantitative estimate of drug-likeness (QED) is 0.459. The zero-order valence-electron chi connectivity index (χ0n) is 17.7. The molecule has 0 radical (unpaired) electrons. The summed E-state index contributed by atoms with van der Waals surface area (Å²) in [5.41, 5.74) is 3.60. The number of amides is 2. The van der Waals surface area contributed by atoms with Crippen molar-refractivity contribution in [3.8, 4) is 0 Å². The molecule has 0 atom stereocenters. The van der Waals surface area contributed by atoms with Crippen molar-refractivity contribution in [1.82, 2.24) is 19.7 Å². The minimum absolute atomic E-state index is 0.0506. The van der Waals surface area contributed by atoms with Crippen molar-refractivity contribution in [3.05, 3.63) is 63.6 Å². The van der Waals surface area contributed by atoms with Crippen molar-refractivity contribution in [3.63, 3.8) is 0 Å². The van der Waals surface area contributed by atoms with Crippen LogP contribution in [0.1, 0.15) is 22.9 Å². The maximum atomic E-state index is 12.7. The van der Waals surface area contributed by atoms with E-state index in [1.807, 2.05) is 46.5 Å². The van der Waals surface area contributed by atoms with Gasteiger partial charge in [0.05, 0.1) is 12.1 Å². The summed E-state index contributed by atoms with van der Waals surface area (Å²) in [4.78, 5) is 29.6. The Morgan fingerprint density at radius 1 is 1.19 bits per heavy atom. The molecule has 1 aliphatic rings. The Labute approximate surface area is 190 Å². The summed E-state index contributed by atoms with van der Waals surface area (Å²) >= 11 is 6.95. The van der Waals surface area contributed by atoms with E-state index in [1.165, 1.54) is 4.90 Å². The zero-order chi connectivity index (χ0) is 22.1. The van der Waals surface area contributed by atoms with Gasteiger partial charge in [-0.05, 0) is 41.7 Å². The van der Waals surface area contributed by atoms with Crippen LogP contribution in [0, 0.1) is 0 Å². The molecule has 2 amide bonds. The first-order valence-electron chi connectivity index (χ1n) is 10.1. The summed E-state index contributed by atoms with van der Waals surface area (Å²) < 4.78 is 1.98. The number of benzene rings is 1. The Balaban J connectivity index is 1.69. The fourth-order valence-electron chi connectivity index (χ4n) is 3.84. The van der Waals surface area contributed by atoms with Crippen LogP contribution in [0.5, 0.6) is 0 Å². The molecule has 8 heteroatoms. The number of likely N-dealkylation sites (N-methyl/N-ethyl adjacent to an activating group) is 2. The molecule has 1 N–H and O–H groups in total. The zero-order valence-corrected chi connectivity index (χ0v) is 19.3. The largest absolute Gasteiger partial charge is 0.350 e. The van der Waals surface area contributed by atoms with Crippen molar-refractivity contribution in [2.24, 2.45) is 0 Å². The van der Waals surface area contributed by atoms with Gasteiger partial charge in [0.25, 0.3) is 5.91 Å². The lowest BCUT2D eigenvalue weighted by molar-refractivity contribution is -0.122. The molecule has 3 heterocycles. The molecule has 1 aromatic carbocycles. The third kappa shape index (κ3) is 4.00. The summed E-state index contributed by atoms with van der Waals surface area (Å²) in [6, 6.07) is 10.1. The Bertz CT molecular complexity index is 1190. The van der Waals surface area contributed by atoms with E-state index in [-0.39, 0.29) is 18.4 Å². The molecule has 0 unspecified atom stereocenters. The predicted molar refractivity (Wildman–Crippen MR) is 129 cm³/mol. The summed E-state index contributed by atoms with van der Waals surface area (Å²) in [6.45, 7) is 2.84. The molecule has 0 aliphatic carbocycles. The number of rotatable bonds is 6. The molecule has 0 saturated carbocycles. The minimum atomic E-state index is -0.131. The van der Waals surface area contributed by atoms with Gasteiger partial charge in [-0.1, -0.05) is 31.2 Å². The number of aromatic nitrogens is 1. The molecule has 2 aromatic heterocycles.